The van der Waals surface area contributed by atoms with Gasteiger partial charge in [-0.05, 0) is 49.1 Å². The molecule has 0 fully saturated rings. The van der Waals surface area contributed by atoms with Gasteiger partial charge in [0.25, 0.3) is 0 Å². The molecule has 0 N–H and O–H groups in total. The molecule has 0 aliphatic heterocycles. The van der Waals surface area contributed by atoms with E-state index in [1.807, 2.05) is 5.38 Å². The molecule has 2 aromatic rings. The van der Waals surface area contributed by atoms with Crippen molar-refractivity contribution in [3.05, 3.63) is 45.9 Å². The summed E-state index contributed by atoms with van der Waals surface area (Å²) >= 11 is 9.03. The van der Waals surface area contributed by atoms with E-state index in [4.69, 9.17) is 11.6 Å². The number of hydrogen-bond donors (Lipinski definition) is 0. The smallest absolute Gasteiger partial charge is 0.187 e. The van der Waals surface area contributed by atoms with Gasteiger partial charge in [-0.2, -0.15) is 11.8 Å². The lowest BCUT2D eigenvalue weighted by atomic mass is 10.2. The largest absolute Gasteiger partial charge is 0.248 e. The summed E-state index contributed by atoms with van der Waals surface area (Å²) in [6, 6.07) is 6.36. The average Bonchev–Trinajstić information content (AvgIpc) is 3.01. The van der Waals surface area contributed by atoms with E-state index in [9.17, 15) is 8.42 Å². The van der Waals surface area contributed by atoms with Crippen molar-refractivity contribution in [1.29, 1.82) is 0 Å². The van der Waals surface area contributed by atoms with Crippen LogP contribution in [0.1, 0.15) is 29.5 Å². The summed E-state index contributed by atoms with van der Waals surface area (Å²) in [5, 5.41) is 2.45. The first kappa shape index (κ1) is 17.8. The lowest BCUT2D eigenvalue weighted by Crippen LogP contribution is -2.14. The standard InChI is InChI=1S/C15H18ClNO2S3/c1-20-10-3-2-4-14(15-17-9-11-21-15)22(18,19)13-7-5-12(16)6-8-13/h5-9,11,14H,2-4,10H2,1H3. The van der Waals surface area contributed by atoms with Gasteiger partial charge in [-0.3, -0.25) is 0 Å². The van der Waals surface area contributed by atoms with E-state index in [1.165, 1.54) is 11.3 Å². The highest BCUT2D eigenvalue weighted by Crippen LogP contribution is 2.34. The number of halogens is 1. The van der Waals surface area contributed by atoms with Crippen LogP contribution in [0.5, 0.6) is 0 Å². The molecule has 0 radical (unpaired) electrons. The molecular formula is C15H18ClNO2S3. The topological polar surface area (TPSA) is 47.0 Å². The molecule has 0 saturated carbocycles. The Bertz CT molecular complexity index is 669. The summed E-state index contributed by atoms with van der Waals surface area (Å²) in [5.74, 6) is 1.05. The van der Waals surface area contributed by atoms with Crippen molar-refractivity contribution in [3.8, 4) is 0 Å². The van der Waals surface area contributed by atoms with Gasteiger partial charge in [0.1, 0.15) is 10.3 Å². The minimum absolute atomic E-state index is 0.307. The maximum atomic E-state index is 12.9. The number of benzene rings is 1. The quantitative estimate of drug-likeness (QED) is 0.619. The van der Waals surface area contributed by atoms with Crippen LogP contribution in [0.15, 0.2) is 40.7 Å². The summed E-state index contributed by atoms with van der Waals surface area (Å²) in [6.07, 6.45) is 6.20. The van der Waals surface area contributed by atoms with Gasteiger partial charge in [0.15, 0.2) is 9.84 Å². The summed E-state index contributed by atoms with van der Waals surface area (Å²) in [4.78, 5) is 4.54. The van der Waals surface area contributed by atoms with E-state index in [-0.39, 0.29) is 0 Å². The zero-order valence-corrected chi connectivity index (χ0v) is 15.4. The second kappa shape index (κ2) is 8.34. The van der Waals surface area contributed by atoms with Crippen molar-refractivity contribution in [3.63, 3.8) is 0 Å². The Kier molecular flexibility index (Phi) is 6.74. The molecular weight excluding hydrogens is 358 g/mol. The first-order chi connectivity index (χ1) is 10.6. The van der Waals surface area contributed by atoms with Gasteiger partial charge in [-0.15, -0.1) is 11.3 Å². The molecule has 3 nitrogen and oxygen atoms in total. The second-order valence-electron chi connectivity index (χ2n) is 4.85. The van der Waals surface area contributed by atoms with Gasteiger partial charge in [-0.25, -0.2) is 13.4 Å². The lowest BCUT2D eigenvalue weighted by Gasteiger charge is -2.15. The fourth-order valence-electron chi connectivity index (χ4n) is 2.17. The van der Waals surface area contributed by atoms with Crippen LogP contribution >= 0.6 is 34.7 Å². The SMILES string of the molecule is CSCCCCC(c1nccs1)S(=O)(=O)c1ccc(Cl)cc1. The summed E-state index contributed by atoms with van der Waals surface area (Å²) in [7, 11) is -3.45. The first-order valence-corrected chi connectivity index (χ1v) is 11.1. The molecule has 0 aliphatic carbocycles. The number of hydrogen-bond acceptors (Lipinski definition) is 5. The highest BCUT2D eigenvalue weighted by Gasteiger charge is 2.30. The third-order valence-corrected chi connectivity index (χ3v) is 7.43. The molecule has 0 bridgehead atoms. The molecule has 0 amide bonds. The van der Waals surface area contributed by atoms with Gasteiger partial charge in [0, 0.05) is 16.6 Å². The number of rotatable bonds is 8. The zero-order chi connectivity index (χ0) is 16.0. The van der Waals surface area contributed by atoms with E-state index >= 15 is 0 Å². The van der Waals surface area contributed by atoms with E-state index in [0.717, 1.165) is 18.6 Å². The summed E-state index contributed by atoms with van der Waals surface area (Å²) in [5.41, 5.74) is 0. The number of thiazole rings is 1. The Morgan fingerprint density at radius 3 is 2.59 bits per heavy atom. The van der Waals surface area contributed by atoms with Crippen molar-refractivity contribution in [2.75, 3.05) is 12.0 Å². The molecule has 1 unspecified atom stereocenters. The van der Waals surface area contributed by atoms with Crippen LogP contribution in [0.3, 0.4) is 0 Å². The zero-order valence-electron chi connectivity index (χ0n) is 12.2. The van der Waals surface area contributed by atoms with Gasteiger partial charge >= 0.3 is 0 Å². The maximum Gasteiger partial charge on any atom is 0.187 e. The highest BCUT2D eigenvalue weighted by molar-refractivity contribution is 7.98. The normalized spacial score (nSPS) is 13.2. The van der Waals surface area contributed by atoms with Crippen LogP contribution in [0, 0.1) is 0 Å². The Labute approximate surface area is 145 Å². The average molecular weight is 376 g/mol. The Hall–Kier alpha value is -0.560. The van der Waals surface area contributed by atoms with Crippen LogP contribution in [0.25, 0.3) is 0 Å². The van der Waals surface area contributed by atoms with Crippen LogP contribution in [-0.2, 0) is 9.84 Å². The fraction of sp³-hybridized carbons (Fsp3) is 0.400. The second-order valence-corrected chi connectivity index (χ2v) is 9.33. The molecule has 1 aromatic heterocycles. The minimum atomic E-state index is -3.45. The minimum Gasteiger partial charge on any atom is -0.248 e. The van der Waals surface area contributed by atoms with Crippen molar-refractivity contribution in [1.82, 2.24) is 4.98 Å². The monoisotopic (exact) mass is 375 g/mol. The third kappa shape index (κ3) is 4.47. The molecule has 120 valence electrons. The maximum absolute atomic E-state index is 12.9. The third-order valence-electron chi connectivity index (χ3n) is 3.31. The predicted octanol–water partition coefficient (Wildman–Crippen LogP) is 4.84. The Morgan fingerprint density at radius 2 is 2.00 bits per heavy atom. The Balaban J connectivity index is 2.25. The van der Waals surface area contributed by atoms with E-state index < -0.39 is 15.1 Å². The molecule has 1 atom stereocenters. The first-order valence-electron chi connectivity index (χ1n) is 6.93. The van der Waals surface area contributed by atoms with Crippen molar-refractivity contribution >= 4 is 44.5 Å². The van der Waals surface area contributed by atoms with Gasteiger partial charge < -0.3 is 0 Å². The van der Waals surface area contributed by atoms with E-state index in [2.05, 4.69) is 11.2 Å². The van der Waals surface area contributed by atoms with Crippen molar-refractivity contribution in [2.45, 2.75) is 29.4 Å². The number of nitrogens with zero attached hydrogens (tertiary/aromatic N) is 1. The van der Waals surface area contributed by atoms with E-state index in [1.54, 1.807) is 42.2 Å². The molecule has 7 heteroatoms. The fourth-order valence-corrected chi connectivity index (χ4v) is 5.63. The van der Waals surface area contributed by atoms with E-state index in [0.29, 0.717) is 21.3 Å². The lowest BCUT2D eigenvalue weighted by molar-refractivity contribution is 0.568. The van der Waals surface area contributed by atoms with Gasteiger partial charge in [0.2, 0.25) is 0 Å². The molecule has 1 heterocycles. The molecule has 0 spiro atoms. The van der Waals surface area contributed by atoms with Crippen LogP contribution < -0.4 is 0 Å². The van der Waals surface area contributed by atoms with Crippen LogP contribution in [-0.4, -0.2) is 25.4 Å². The molecule has 22 heavy (non-hydrogen) atoms. The molecule has 1 aromatic carbocycles. The number of unbranched alkanes of at least 4 members (excludes halogenated alkanes) is 1. The Morgan fingerprint density at radius 1 is 1.27 bits per heavy atom. The number of sulfone groups is 1. The van der Waals surface area contributed by atoms with Crippen LogP contribution in [0.2, 0.25) is 5.02 Å². The van der Waals surface area contributed by atoms with Gasteiger partial charge in [-0.1, -0.05) is 18.0 Å². The van der Waals surface area contributed by atoms with Crippen molar-refractivity contribution in [2.24, 2.45) is 0 Å². The molecule has 0 saturated heterocycles. The molecule has 0 aliphatic rings. The molecule has 2 rings (SSSR count). The summed E-state index contributed by atoms with van der Waals surface area (Å²) in [6.45, 7) is 0. The summed E-state index contributed by atoms with van der Waals surface area (Å²) < 4.78 is 25.8. The highest BCUT2D eigenvalue weighted by atomic mass is 35.5. The van der Waals surface area contributed by atoms with Crippen molar-refractivity contribution < 1.29 is 8.42 Å². The van der Waals surface area contributed by atoms with Gasteiger partial charge in [0.05, 0.1) is 4.90 Å². The number of aromatic nitrogens is 1. The number of thioether (sulfide) groups is 1. The van der Waals surface area contributed by atoms with Crippen LogP contribution in [0.4, 0.5) is 0 Å². The predicted molar refractivity (Wildman–Crippen MR) is 95.7 cm³/mol.